The fraction of sp³-hybridized carbons (Fsp3) is 1.00. The minimum atomic E-state index is 0.432. The van der Waals surface area contributed by atoms with E-state index < -0.39 is 0 Å². The van der Waals surface area contributed by atoms with Crippen molar-refractivity contribution in [2.24, 2.45) is 11.7 Å². The molecule has 0 aromatic heterocycles. The van der Waals surface area contributed by atoms with E-state index in [-0.39, 0.29) is 0 Å². The zero-order chi connectivity index (χ0) is 10.8. The number of rotatable bonds is 1. The molecule has 0 amide bonds. The molecule has 4 atom stereocenters. The van der Waals surface area contributed by atoms with Gasteiger partial charge in [-0.3, -0.25) is 4.90 Å². The van der Waals surface area contributed by atoms with Crippen molar-refractivity contribution >= 4 is 0 Å². The van der Waals surface area contributed by atoms with Crippen LogP contribution >= 0.6 is 0 Å². The van der Waals surface area contributed by atoms with Gasteiger partial charge in [0.1, 0.15) is 0 Å². The average molecular weight is 210 g/mol. The molecule has 1 saturated heterocycles. The van der Waals surface area contributed by atoms with Gasteiger partial charge in [-0.2, -0.15) is 0 Å². The molecule has 1 heterocycles. The molecule has 0 aromatic carbocycles. The van der Waals surface area contributed by atoms with Crippen molar-refractivity contribution in [1.82, 2.24) is 4.90 Å². The van der Waals surface area contributed by atoms with E-state index in [2.05, 4.69) is 18.7 Å². The minimum Gasteiger partial charge on any atom is -0.326 e. The van der Waals surface area contributed by atoms with Crippen LogP contribution in [0.25, 0.3) is 0 Å². The predicted molar refractivity (Wildman–Crippen MR) is 64.8 cm³/mol. The summed E-state index contributed by atoms with van der Waals surface area (Å²) in [5.41, 5.74) is 6.29. The highest BCUT2D eigenvalue weighted by molar-refractivity contribution is 4.91. The zero-order valence-electron chi connectivity index (χ0n) is 10.3. The van der Waals surface area contributed by atoms with Gasteiger partial charge in [0.15, 0.2) is 0 Å². The Morgan fingerprint density at radius 1 is 1.07 bits per heavy atom. The largest absolute Gasteiger partial charge is 0.326 e. The molecule has 15 heavy (non-hydrogen) atoms. The van der Waals surface area contributed by atoms with Gasteiger partial charge in [0.2, 0.25) is 0 Å². The molecule has 1 aliphatic heterocycles. The van der Waals surface area contributed by atoms with E-state index in [0.717, 1.165) is 12.0 Å². The molecule has 2 fully saturated rings. The summed E-state index contributed by atoms with van der Waals surface area (Å²) >= 11 is 0. The van der Waals surface area contributed by atoms with Crippen LogP contribution in [0.15, 0.2) is 0 Å². The fourth-order valence-corrected chi connectivity index (χ4v) is 3.37. The molecule has 0 radical (unpaired) electrons. The van der Waals surface area contributed by atoms with E-state index in [1.807, 2.05) is 0 Å². The lowest BCUT2D eigenvalue weighted by Gasteiger charge is -2.45. The van der Waals surface area contributed by atoms with Crippen molar-refractivity contribution in [2.75, 3.05) is 6.54 Å². The third-order valence-electron chi connectivity index (χ3n) is 4.41. The van der Waals surface area contributed by atoms with Crippen LogP contribution in [0.2, 0.25) is 0 Å². The van der Waals surface area contributed by atoms with Gasteiger partial charge in [-0.15, -0.1) is 0 Å². The molecular formula is C13H26N2. The van der Waals surface area contributed by atoms with E-state index in [1.54, 1.807) is 0 Å². The van der Waals surface area contributed by atoms with Crippen LogP contribution in [0.5, 0.6) is 0 Å². The molecule has 0 bridgehead atoms. The second-order valence-electron chi connectivity index (χ2n) is 5.73. The van der Waals surface area contributed by atoms with Crippen LogP contribution in [0.3, 0.4) is 0 Å². The maximum absolute atomic E-state index is 6.29. The lowest BCUT2D eigenvalue weighted by atomic mass is 9.81. The first kappa shape index (κ1) is 11.4. The van der Waals surface area contributed by atoms with Crippen LogP contribution in [-0.4, -0.2) is 29.6 Å². The van der Waals surface area contributed by atoms with E-state index >= 15 is 0 Å². The van der Waals surface area contributed by atoms with E-state index in [1.165, 1.54) is 45.1 Å². The van der Waals surface area contributed by atoms with E-state index in [4.69, 9.17) is 5.73 Å². The van der Waals surface area contributed by atoms with Crippen molar-refractivity contribution in [1.29, 1.82) is 0 Å². The number of piperidine rings is 1. The smallest absolute Gasteiger partial charge is 0.0252 e. The highest BCUT2D eigenvalue weighted by atomic mass is 15.2. The Labute approximate surface area is 94.2 Å². The standard InChI is InChI=1S/C13H26N2/c1-10-6-7-12(14)13(9-10)15-8-4-3-5-11(15)2/h10-13H,3-9,14H2,1-2H3. The summed E-state index contributed by atoms with van der Waals surface area (Å²) in [5.74, 6) is 0.879. The van der Waals surface area contributed by atoms with Gasteiger partial charge in [-0.05, 0) is 51.5 Å². The van der Waals surface area contributed by atoms with Crippen molar-refractivity contribution in [3.63, 3.8) is 0 Å². The molecule has 2 N–H and O–H groups in total. The summed E-state index contributed by atoms with van der Waals surface area (Å²) in [6.45, 7) is 6.05. The number of nitrogens with zero attached hydrogens (tertiary/aromatic N) is 1. The maximum atomic E-state index is 6.29. The molecule has 2 rings (SSSR count). The van der Waals surface area contributed by atoms with Crippen LogP contribution < -0.4 is 5.73 Å². The monoisotopic (exact) mass is 210 g/mol. The quantitative estimate of drug-likeness (QED) is 0.720. The van der Waals surface area contributed by atoms with Crippen molar-refractivity contribution < 1.29 is 0 Å². The summed E-state index contributed by atoms with van der Waals surface area (Å²) in [7, 11) is 0. The molecule has 2 nitrogen and oxygen atoms in total. The molecule has 4 unspecified atom stereocenters. The Morgan fingerprint density at radius 3 is 2.60 bits per heavy atom. The van der Waals surface area contributed by atoms with Gasteiger partial charge < -0.3 is 5.73 Å². The second kappa shape index (κ2) is 4.84. The Kier molecular flexibility index (Phi) is 3.68. The van der Waals surface area contributed by atoms with Gasteiger partial charge in [0.05, 0.1) is 0 Å². The van der Waals surface area contributed by atoms with Crippen LogP contribution in [-0.2, 0) is 0 Å². The molecule has 2 heteroatoms. The first-order valence-electron chi connectivity index (χ1n) is 6.70. The highest BCUT2D eigenvalue weighted by Gasteiger charge is 2.33. The topological polar surface area (TPSA) is 29.3 Å². The van der Waals surface area contributed by atoms with Crippen LogP contribution in [0.1, 0.15) is 52.4 Å². The van der Waals surface area contributed by atoms with E-state index in [0.29, 0.717) is 12.1 Å². The zero-order valence-corrected chi connectivity index (χ0v) is 10.3. The summed E-state index contributed by atoms with van der Waals surface area (Å²) in [6.07, 6.45) is 8.05. The Balaban J connectivity index is 1.99. The third-order valence-corrected chi connectivity index (χ3v) is 4.41. The number of nitrogens with two attached hydrogens (primary N) is 1. The van der Waals surface area contributed by atoms with Crippen molar-refractivity contribution in [2.45, 2.75) is 70.5 Å². The summed E-state index contributed by atoms with van der Waals surface area (Å²) in [6, 6.07) is 1.87. The Bertz CT molecular complexity index is 205. The molecule has 1 saturated carbocycles. The molecular weight excluding hydrogens is 184 g/mol. The summed E-state index contributed by atoms with van der Waals surface area (Å²) in [4.78, 5) is 2.70. The first-order valence-corrected chi connectivity index (χ1v) is 6.70. The van der Waals surface area contributed by atoms with Crippen LogP contribution in [0, 0.1) is 5.92 Å². The number of likely N-dealkylation sites (tertiary alicyclic amines) is 1. The van der Waals surface area contributed by atoms with Crippen LogP contribution in [0.4, 0.5) is 0 Å². The second-order valence-corrected chi connectivity index (χ2v) is 5.73. The minimum absolute atomic E-state index is 0.432. The number of hydrogen-bond acceptors (Lipinski definition) is 2. The maximum Gasteiger partial charge on any atom is 0.0252 e. The normalized spacial score (nSPS) is 44.2. The molecule has 2 aliphatic rings. The Morgan fingerprint density at radius 2 is 1.87 bits per heavy atom. The molecule has 88 valence electrons. The molecule has 0 aromatic rings. The van der Waals surface area contributed by atoms with Gasteiger partial charge in [-0.1, -0.05) is 13.3 Å². The molecule has 0 spiro atoms. The van der Waals surface area contributed by atoms with Crippen molar-refractivity contribution in [3.8, 4) is 0 Å². The average Bonchev–Trinajstić information content (AvgIpc) is 2.23. The van der Waals surface area contributed by atoms with Gasteiger partial charge in [0.25, 0.3) is 0 Å². The third kappa shape index (κ3) is 2.54. The van der Waals surface area contributed by atoms with E-state index in [9.17, 15) is 0 Å². The fourth-order valence-electron chi connectivity index (χ4n) is 3.37. The first-order chi connectivity index (χ1) is 7.18. The van der Waals surface area contributed by atoms with Gasteiger partial charge in [-0.25, -0.2) is 0 Å². The van der Waals surface area contributed by atoms with Crippen molar-refractivity contribution in [3.05, 3.63) is 0 Å². The summed E-state index contributed by atoms with van der Waals surface area (Å²) in [5, 5.41) is 0. The SMILES string of the molecule is CC1CCC(N)C(N2CCCCC2C)C1. The summed E-state index contributed by atoms with van der Waals surface area (Å²) < 4.78 is 0. The lowest BCUT2D eigenvalue weighted by Crippen LogP contribution is -2.55. The Hall–Kier alpha value is -0.0800. The number of hydrogen-bond donors (Lipinski definition) is 1. The lowest BCUT2D eigenvalue weighted by molar-refractivity contribution is 0.0567. The van der Waals surface area contributed by atoms with Gasteiger partial charge in [0, 0.05) is 18.1 Å². The molecule has 1 aliphatic carbocycles. The highest BCUT2D eigenvalue weighted by Crippen LogP contribution is 2.30. The van der Waals surface area contributed by atoms with Gasteiger partial charge >= 0.3 is 0 Å². The predicted octanol–water partition coefficient (Wildman–Crippen LogP) is 2.38.